The standard InChI is InChI=1S/C30H47NO4S/c1-7-28(4)16-24(35-25(33)17-36-22-14-20-8-9-21(15-22)31(20)6)29(5)18(2)10-12-30(19(3)27(28)34)13-11-23(32)26(29)30/h7,18-22,24,26-27,34H,1,8-17H2,2-6H3/t18?,19-,20?,21?,22?,24+,26?,27-,28+,29-,30?/m0/s1. The molecule has 5 unspecified atom stereocenters. The molecule has 36 heavy (non-hydrogen) atoms. The fraction of sp³-hybridized carbons (Fsp3) is 0.867. The number of aliphatic hydroxyl groups excluding tert-OH is 1. The number of fused-ring (bicyclic) bond motifs is 2. The number of piperidine rings is 1. The van der Waals surface area contributed by atoms with Gasteiger partial charge in [-0.1, -0.05) is 33.8 Å². The third kappa shape index (κ3) is 3.95. The number of hydrogen-bond acceptors (Lipinski definition) is 6. The Morgan fingerprint density at radius 2 is 1.86 bits per heavy atom. The highest BCUT2D eigenvalue weighted by molar-refractivity contribution is 8.00. The number of aliphatic hydroxyl groups is 1. The summed E-state index contributed by atoms with van der Waals surface area (Å²) in [6.07, 6.45) is 9.58. The predicted octanol–water partition coefficient (Wildman–Crippen LogP) is 5.25. The maximum atomic E-state index is 13.5. The number of esters is 1. The number of Topliss-reactive ketones (excluding diaryl/α,β-unsaturated/α-hetero) is 1. The average molecular weight is 518 g/mol. The summed E-state index contributed by atoms with van der Waals surface area (Å²) < 4.78 is 6.42. The van der Waals surface area contributed by atoms with Gasteiger partial charge in [-0.25, -0.2) is 0 Å². The molecule has 1 N–H and O–H groups in total. The van der Waals surface area contributed by atoms with Gasteiger partial charge in [0.1, 0.15) is 11.9 Å². The molecule has 0 aromatic heterocycles. The maximum absolute atomic E-state index is 13.5. The molecule has 2 heterocycles. The zero-order valence-electron chi connectivity index (χ0n) is 23.0. The number of ketones is 1. The van der Waals surface area contributed by atoms with Crippen molar-refractivity contribution in [2.75, 3.05) is 12.8 Å². The average Bonchev–Trinajstić information content (AvgIpc) is 3.28. The molecular formula is C30H47NO4S. The molecule has 2 saturated heterocycles. The first-order valence-electron chi connectivity index (χ1n) is 14.3. The summed E-state index contributed by atoms with van der Waals surface area (Å²) in [7, 11) is 2.24. The van der Waals surface area contributed by atoms with Gasteiger partial charge in [0.2, 0.25) is 0 Å². The first-order chi connectivity index (χ1) is 17.0. The number of ether oxygens (including phenoxy) is 1. The van der Waals surface area contributed by atoms with Gasteiger partial charge < -0.3 is 14.7 Å². The fourth-order valence-electron chi connectivity index (χ4n) is 9.38. The van der Waals surface area contributed by atoms with Crippen LogP contribution in [0.1, 0.15) is 85.5 Å². The summed E-state index contributed by atoms with van der Waals surface area (Å²) >= 11 is 1.76. The van der Waals surface area contributed by atoms with Gasteiger partial charge in [0.25, 0.3) is 0 Å². The molecular weight excluding hydrogens is 470 g/mol. The molecule has 5 nitrogen and oxygen atoms in total. The lowest BCUT2D eigenvalue weighted by molar-refractivity contribution is -0.205. The van der Waals surface area contributed by atoms with Crippen molar-refractivity contribution in [2.24, 2.45) is 34.0 Å². The van der Waals surface area contributed by atoms with Crippen LogP contribution in [-0.4, -0.2) is 64.1 Å². The van der Waals surface area contributed by atoms with E-state index in [-0.39, 0.29) is 29.1 Å². The zero-order valence-corrected chi connectivity index (χ0v) is 23.8. The number of carbonyl (C=O) groups excluding carboxylic acids is 2. The maximum Gasteiger partial charge on any atom is 0.316 e. The Balaban J connectivity index is 1.39. The lowest BCUT2D eigenvalue weighted by Crippen LogP contribution is -2.63. The fourth-order valence-corrected chi connectivity index (χ4v) is 10.5. The Morgan fingerprint density at radius 1 is 1.19 bits per heavy atom. The molecule has 3 saturated carbocycles. The van der Waals surface area contributed by atoms with E-state index in [1.54, 1.807) is 11.8 Å². The van der Waals surface area contributed by atoms with Crippen molar-refractivity contribution in [3.05, 3.63) is 12.7 Å². The van der Waals surface area contributed by atoms with Crippen molar-refractivity contribution >= 4 is 23.5 Å². The molecule has 0 aromatic rings. The van der Waals surface area contributed by atoms with Crippen LogP contribution in [0.5, 0.6) is 0 Å². The second kappa shape index (κ2) is 9.41. The van der Waals surface area contributed by atoms with Gasteiger partial charge in [-0.3, -0.25) is 9.59 Å². The van der Waals surface area contributed by atoms with E-state index in [1.165, 1.54) is 12.8 Å². The third-order valence-corrected chi connectivity index (χ3v) is 13.3. The summed E-state index contributed by atoms with van der Waals surface area (Å²) in [6.45, 7) is 12.8. The normalized spacial score (nSPS) is 50.8. The first-order valence-corrected chi connectivity index (χ1v) is 15.4. The molecule has 0 aromatic carbocycles. The van der Waals surface area contributed by atoms with E-state index in [4.69, 9.17) is 4.74 Å². The van der Waals surface area contributed by atoms with Crippen LogP contribution in [0.25, 0.3) is 0 Å². The molecule has 5 fully saturated rings. The molecule has 5 aliphatic rings. The lowest BCUT2D eigenvalue weighted by Gasteiger charge is -2.61. The first kappa shape index (κ1) is 26.7. The largest absolute Gasteiger partial charge is 0.461 e. The quantitative estimate of drug-likeness (QED) is 0.397. The van der Waals surface area contributed by atoms with E-state index in [0.717, 1.165) is 32.1 Å². The second-order valence-corrected chi connectivity index (χ2v) is 14.8. The van der Waals surface area contributed by atoms with Gasteiger partial charge in [-0.05, 0) is 75.7 Å². The summed E-state index contributed by atoms with van der Waals surface area (Å²) in [6, 6.07) is 1.31. The molecule has 3 aliphatic carbocycles. The van der Waals surface area contributed by atoms with Crippen molar-refractivity contribution in [3.63, 3.8) is 0 Å². The van der Waals surface area contributed by atoms with Gasteiger partial charge in [-0.15, -0.1) is 18.3 Å². The minimum atomic E-state index is -0.619. The number of hydrogen-bond donors (Lipinski definition) is 1. The molecule has 2 aliphatic heterocycles. The van der Waals surface area contributed by atoms with Gasteiger partial charge >= 0.3 is 5.97 Å². The summed E-state index contributed by atoms with van der Waals surface area (Å²) in [5.74, 6) is 0.605. The summed E-state index contributed by atoms with van der Waals surface area (Å²) in [5.41, 5.74) is -1.24. The third-order valence-electron chi connectivity index (χ3n) is 12.1. The van der Waals surface area contributed by atoms with Crippen molar-refractivity contribution in [1.82, 2.24) is 4.90 Å². The smallest absolute Gasteiger partial charge is 0.316 e. The summed E-state index contributed by atoms with van der Waals surface area (Å²) in [5, 5.41) is 12.2. The van der Waals surface area contributed by atoms with Crippen molar-refractivity contribution in [3.8, 4) is 0 Å². The van der Waals surface area contributed by atoms with E-state index in [0.29, 0.717) is 41.7 Å². The predicted molar refractivity (Wildman–Crippen MR) is 145 cm³/mol. The molecule has 6 heteroatoms. The topological polar surface area (TPSA) is 66.8 Å². The van der Waals surface area contributed by atoms with Gasteiger partial charge in [0.05, 0.1) is 11.9 Å². The number of nitrogens with zero attached hydrogens (tertiary/aromatic N) is 1. The molecule has 5 rings (SSSR count). The molecule has 4 bridgehead atoms. The minimum absolute atomic E-state index is 0.00390. The van der Waals surface area contributed by atoms with E-state index >= 15 is 0 Å². The highest BCUT2D eigenvalue weighted by Gasteiger charge is 2.68. The monoisotopic (exact) mass is 517 g/mol. The lowest BCUT2D eigenvalue weighted by atomic mass is 9.44. The highest BCUT2D eigenvalue weighted by atomic mass is 32.2. The number of thioether (sulfide) groups is 1. The Kier molecular flexibility index (Phi) is 6.99. The van der Waals surface area contributed by atoms with Gasteiger partial charge in [0.15, 0.2) is 0 Å². The number of carbonyl (C=O) groups is 2. The van der Waals surface area contributed by atoms with Crippen LogP contribution in [0.15, 0.2) is 12.7 Å². The Labute approximate surface area is 222 Å². The van der Waals surface area contributed by atoms with E-state index in [1.807, 2.05) is 6.08 Å². The Morgan fingerprint density at radius 3 is 2.50 bits per heavy atom. The van der Waals surface area contributed by atoms with E-state index in [9.17, 15) is 14.7 Å². The van der Waals surface area contributed by atoms with Crippen molar-refractivity contribution in [2.45, 2.75) is 115 Å². The molecule has 0 spiro atoms. The van der Waals surface area contributed by atoms with Crippen LogP contribution in [-0.2, 0) is 14.3 Å². The van der Waals surface area contributed by atoms with Crippen LogP contribution >= 0.6 is 11.8 Å². The van der Waals surface area contributed by atoms with E-state index < -0.39 is 23.0 Å². The van der Waals surface area contributed by atoms with Crippen LogP contribution < -0.4 is 0 Å². The van der Waals surface area contributed by atoms with Gasteiger partial charge in [0, 0.05) is 40.5 Å². The van der Waals surface area contributed by atoms with Crippen LogP contribution in [0, 0.1) is 34.0 Å². The van der Waals surface area contributed by atoms with Crippen LogP contribution in [0.3, 0.4) is 0 Å². The molecule has 10 atom stereocenters. The molecule has 0 amide bonds. The SMILES string of the molecule is C=C[C@]1(C)C[C@@H](OC(=O)CSC2CC3CCC(C2)N3C)[C@]2(C)C(C)CCC3(CCC(=O)C32)[C@@H](C)[C@@H]1O. The zero-order chi connectivity index (χ0) is 26.0. The van der Waals surface area contributed by atoms with Crippen LogP contribution in [0.4, 0.5) is 0 Å². The summed E-state index contributed by atoms with van der Waals surface area (Å²) in [4.78, 5) is 29.4. The van der Waals surface area contributed by atoms with Gasteiger partial charge in [-0.2, -0.15) is 0 Å². The Hall–Kier alpha value is -0.850. The Bertz CT molecular complexity index is 895. The minimum Gasteiger partial charge on any atom is -0.461 e. The second-order valence-electron chi connectivity index (χ2n) is 13.5. The number of rotatable bonds is 5. The van der Waals surface area contributed by atoms with Crippen molar-refractivity contribution < 1.29 is 19.4 Å². The van der Waals surface area contributed by atoms with Crippen molar-refractivity contribution in [1.29, 1.82) is 0 Å². The van der Waals surface area contributed by atoms with Crippen LogP contribution in [0.2, 0.25) is 0 Å². The van der Waals surface area contributed by atoms with E-state index in [2.05, 4.69) is 46.2 Å². The molecule has 0 radical (unpaired) electrons. The molecule has 202 valence electrons. The highest BCUT2D eigenvalue weighted by Crippen LogP contribution is 2.68.